The molecule has 0 aromatic rings. The smallest absolute Gasteiger partial charge is 0.223 e. The van der Waals surface area contributed by atoms with Crippen molar-refractivity contribution in [2.45, 2.75) is 91.2 Å². The SMILES string of the molecule is CCC(=O)CCOCC(COCCC(=O)CC)(COCCC(=O)C(C)C)NC(=O)CC(C)(C)OC. The predicted octanol–water partition coefficient (Wildman–Crippen LogP) is 3.06. The quantitative estimate of drug-likeness (QED) is 0.225. The Morgan fingerprint density at radius 1 is 0.771 bits per heavy atom. The van der Waals surface area contributed by atoms with Crippen molar-refractivity contribution >= 4 is 23.3 Å². The first-order valence-electron chi connectivity index (χ1n) is 12.6. The summed E-state index contributed by atoms with van der Waals surface area (Å²) >= 11 is 0. The zero-order valence-corrected chi connectivity index (χ0v) is 22.8. The molecule has 0 bridgehead atoms. The fourth-order valence-electron chi connectivity index (χ4n) is 3.02. The molecule has 0 rings (SSSR count). The van der Waals surface area contributed by atoms with Crippen LogP contribution < -0.4 is 5.32 Å². The molecule has 0 unspecified atom stereocenters. The first-order valence-corrected chi connectivity index (χ1v) is 12.6. The van der Waals surface area contributed by atoms with Gasteiger partial charge in [0.05, 0.1) is 51.7 Å². The Labute approximate surface area is 211 Å². The maximum Gasteiger partial charge on any atom is 0.223 e. The zero-order chi connectivity index (χ0) is 26.9. The molecule has 0 saturated carbocycles. The summed E-state index contributed by atoms with van der Waals surface area (Å²) in [6.45, 7) is 11.6. The highest BCUT2D eigenvalue weighted by molar-refractivity contribution is 5.80. The van der Waals surface area contributed by atoms with Crippen molar-refractivity contribution in [2.24, 2.45) is 5.92 Å². The summed E-state index contributed by atoms with van der Waals surface area (Å²) in [5, 5.41) is 2.99. The van der Waals surface area contributed by atoms with Gasteiger partial charge >= 0.3 is 0 Å². The van der Waals surface area contributed by atoms with Crippen LogP contribution in [0.15, 0.2) is 0 Å². The second kappa shape index (κ2) is 17.7. The van der Waals surface area contributed by atoms with E-state index in [9.17, 15) is 19.2 Å². The fourth-order valence-corrected chi connectivity index (χ4v) is 3.02. The first-order chi connectivity index (χ1) is 16.4. The topological polar surface area (TPSA) is 117 Å². The van der Waals surface area contributed by atoms with Gasteiger partial charge in [0.1, 0.15) is 22.9 Å². The van der Waals surface area contributed by atoms with E-state index in [1.54, 1.807) is 13.8 Å². The van der Waals surface area contributed by atoms with Gasteiger partial charge in [-0.2, -0.15) is 0 Å². The van der Waals surface area contributed by atoms with E-state index in [0.29, 0.717) is 12.8 Å². The molecule has 0 atom stereocenters. The van der Waals surface area contributed by atoms with Crippen molar-refractivity contribution in [3.05, 3.63) is 0 Å². The Hall–Kier alpha value is -1.68. The lowest BCUT2D eigenvalue weighted by Crippen LogP contribution is -2.59. The van der Waals surface area contributed by atoms with E-state index < -0.39 is 11.1 Å². The second-order valence-corrected chi connectivity index (χ2v) is 9.78. The highest BCUT2D eigenvalue weighted by atomic mass is 16.5. The third-order valence-electron chi connectivity index (χ3n) is 5.65. The summed E-state index contributed by atoms with van der Waals surface area (Å²) in [5.41, 5.74) is -1.74. The molecule has 0 heterocycles. The minimum Gasteiger partial charge on any atom is -0.378 e. The number of carbonyl (C=O) groups excluding carboxylic acids is 4. The van der Waals surface area contributed by atoms with Crippen LogP contribution in [0.5, 0.6) is 0 Å². The van der Waals surface area contributed by atoms with Crippen LogP contribution in [0, 0.1) is 5.92 Å². The van der Waals surface area contributed by atoms with Gasteiger partial charge in [-0.05, 0) is 13.8 Å². The van der Waals surface area contributed by atoms with E-state index >= 15 is 0 Å². The number of nitrogens with one attached hydrogen (secondary N) is 1. The molecule has 0 aliphatic carbocycles. The second-order valence-electron chi connectivity index (χ2n) is 9.78. The van der Waals surface area contributed by atoms with Crippen LogP contribution in [0.2, 0.25) is 0 Å². The summed E-state index contributed by atoms with van der Waals surface area (Å²) < 4.78 is 22.8. The Balaban J connectivity index is 5.46. The Morgan fingerprint density at radius 2 is 1.20 bits per heavy atom. The average Bonchev–Trinajstić information content (AvgIpc) is 2.81. The third-order valence-corrected chi connectivity index (χ3v) is 5.65. The molecule has 9 heteroatoms. The molecule has 0 radical (unpaired) electrons. The number of hydrogen-bond donors (Lipinski definition) is 1. The van der Waals surface area contributed by atoms with Gasteiger partial charge in [0, 0.05) is 45.1 Å². The normalized spacial score (nSPS) is 12.1. The van der Waals surface area contributed by atoms with Gasteiger partial charge in [-0.1, -0.05) is 27.7 Å². The molecule has 0 aliphatic rings. The average molecular weight is 502 g/mol. The summed E-state index contributed by atoms with van der Waals surface area (Å²) in [6, 6.07) is 0. The maximum atomic E-state index is 12.9. The lowest BCUT2D eigenvalue weighted by molar-refractivity contribution is -0.134. The van der Waals surface area contributed by atoms with E-state index in [4.69, 9.17) is 18.9 Å². The van der Waals surface area contributed by atoms with Gasteiger partial charge < -0.3 is 24.3 Å². The number of Topliss-reactive ketones (excluding diaryl/α,β-unsaturated/α-hetero) is 3. The Kier molecular flexibility index (Phi) is 16.9. The van der Waals surface area contributed by atoms with Crippen LogP contribution in [-0.4, -0.2) is 81.1 Å². The molecule has 0 aromatic heterocycles. The summed E-state index contributed by atoms with van der Waals surface area (Å²) in [5.74, 6) is -0.109. The van der Waals surface area contributed by atoms with Crippen molar-refractivity contribution in [1.82, 2.24) is 5.32 Å². The van der Waals surface area contributed by atoms with Gasteiger partial charge in [0.2, 0.25) is 5.91 Å². The van der Waals surface area contributed by atoms with Crippen molar-refractivity contribution in [3.63, 3.8) is 0 Å². The summed E-state index contributed by atoms with van der Waals surface area (Å²) in [7, 11) is 1.54. The van der Waals surface area contributed by atoms with Crippen molar-refractivity contribution in [2.75, 3.05) is 46.8 Å². The van der Waals surface area contributed by atoms with Crippen LogP contribution in [0.25, 0.3) is 0 Å². The Bertz CT molecular complexity index is 636. The first kappa shape index (κ1) is 33.3. The third kappa shape index (κ3) is 15.8. The molecular formula is C26H47NO8. The molecule has 204 valence electrons. The monoisotopic (exact) mass is 501 g/mol. The number of rotatable bonds is 22. The predicted molar refractivity (Wildman–Crippen MR) is 133 cm³/mol. The minimum atomic E-state index is -1.06. The van der Waals surface area contributed by atoms with E-state index in [1.165, 1.54) is 7.11 Å². The largest absolute Gasteiger partial charge is 0.378 e. The zero-order valence-electron chi connectivity index (χ0n) is 22.8. The molecular weight excluding hydrogens is 454 g/mol. The number of ketones is 3. The van der Waals surface area contributed by atoms with Crippen LogP contribution in [0.1, 0.15) is 80.1 Å². The van der Waals surface area contributed by atoms with Crippen molar-refractivity contribution in [1.29, 1.82) is 0 Å². The van der Waals surface area contributed by atoms with Crippen molar-refractivity contribution in [3.8, 4) is 0 Å². The van der Waals surface area contributed by atoms with Crippen LogP contribution in [-0.2, 0) is 38.1 Å². The van der Waals surface area contributed by atoms with Crippen LogP contribution in [0.3, 0.4) is 0 Å². The fraction of sp³-hybridized carbons (Fsp3) is 0.846. The molecule has 0 spiro atoms. The summed E-state index contributed by atoms with van der Waals surface area (Å²) in [6.07, 6.45) is 1.76. The molecule has 0 saturated heterocycles. The molecule has 1 N–H and O–H groups in total. The highest BCUT2D eigenvalue weighted by Gasteiger charge is 2.35. The van der Waals surface area contributed by atoms with Crippen molar-refractivity contribution < 1.29 is 38.1 Å². The molecule has 1 amide bonds. The van der Waals surface area contributed by atoms with Gasteiger partial charge in [0.25, 0.3) is 0 Å². The number of hydrogen-bond acceptors (Lipinski definition) is 8. The standard InChI is InChI=1S/C26H47NO8/c1-8-21(28)10-13-33-17-26(18-34-14-11-22(29)9-2,19-35-15-12-23(30)20(3)4)27-24(31)16-25(5,6)32-7/h20H,8-19H2,1-7H3,(H,27,31). The van der Waals surface area contributed by atoms with Gasteiger partial charge in [-0.3, -0.25) is 19.2 Å². The number of methoxy groups -OCH3 is 1. The highest BCUT2D eigenvalue weighted by Crippen LogP contribution is 2.16. The molecule has 35 heavy (non-hydrogen) atoms. The van der Waals surface area contributed by atoms with E-state index in [-0.39, 0.29) is 94.5 Å². The maximum absolute atomic E-state index is 12.9. The molecule has 0 aromatic carbocycles. The van der Waals surface area contributed by atoms with E-state index in [1.807, 2.05) is 27.7 Å². The molecule has 9 nitrogen and oxygen atoms in total. The van der Waals surface area contributed by atoms with Crippen LogP contribution in [0.4, 0.5) is 0 Å². The van der Waals surface area contributed by atoms with Crippen LogP contribution >= 0.6 is 0 Å². The lowest BCUT2D eigenvalue weighted by atomic mass is 9.99. The van der Waals surface area contributed by atoms with Gasteiger partial charge in [-0.25, -0.2) is 0 Å². The minimum absolute atomic E-state index is 0.0426. The number of ether oxygens (including phenoxy) is 4. The number of carbonyl (C=O) groups is 4. The van der Waals surface area contributed by atoms with Gasteiger partial charge in [-0.15, -0.1) is 0 Å². The van der Waals surface area contributed by atoms with E-state index in [0.717, 1.165) is 0 Å². The number of amides is 1. The summed E-state index contributed by atoms with van der Waals surface area (Å²) in [4.78, 5) is 48.2. The van der Waals surface area contributed by atoms with Gasteiger partial charge in [0.15, 0.2) is 0 Å². The molecule has 0 aliphatic heterocycles. The Morgan fingerprint density at radius 3 is 1.57 bits per heavy atom. The van der Waals surface area contributed by atoms with E-state index in [2.05, 4.69) is 5.32 Å². The molecule has 0 fully saturated rings. The lowest BCUT2D eigenvalue weighted by Gasteiger charge is -2.35.